The number of allylic oxidation sites excluding steroid dienone is 4. The monoisotopic (exact) mass is 979 g/mol. The largest absolute Gasteiger partial charge is 0.479 e. The Labute approximate surface area is 419 Å². The van der Waals surface area contributed by atoms with E-state index in [9.17, 15) is 34.5 Å². The minimum Gasteiger partial charge on any atom is -0.479 e. The SMILES string of the molecule is CCCCC/C=C\C/C=C\CCCCCCCCCC(=O)OC1C(OCC(COC(=O)CCCCCCCCCCCCCCC)OC(=O)CCCCCCCCCCC)OC(C(=O)O)C(O)C1O. The van der Waals surface area contributed by atoms with Crippen LogP contribution in [0.2, 0.25) is 0 Å². The molecule has 12 heteroatoms. The lowest BCUT2D eigenvalue weighted by atomic mass is 9.98. The number of carbonyl (C=O) groups is 4. The smallest absolute Gasteiger partial charge is 0.335 e. The molecule has 0 spiro atoms. The van der Waals surface area contributed by atoms with E-state index in [4.69, 9.17) is 23.7 Å². The number of aliphatic hydroxyl groups is 2. The summed E-state index contributed by atoms with van der Waals surface area (Å²) in [5.74, 6) is -3.10. The van der Waals surface area contributed by atoms with Crippen LogP contribution in [0.4, 0.5) is 0 Å². The van der Waals surface area contributed by atoms with Gasteiger partial charge in [-0.2, -0.15) is 0 Å². The summed E-state index contributed by atoms with van der Waals surface area (Å²) in [6, 6.07) is 0. The number of ether oxygens (including phenoxy) is 5. The van der Waals surface area contributed by atoms with Crippen LogP contribution in [-0.4, -0.2) is 89.2 Å². The van der Waals surface area contributed by atoms with Gasteiger partial charge in [0, 0.05) is 19.3 Å². The zero-order valence-corrected chi connectivity index (χ0v) is 44.1. The third-order valence-electron chi connectivity index (χ3n) is 13.0. The average Bonchev–Trinajstić information content (AvgIpc) is 3.33. The van der Waals surface area contributed by atoms with E-state index >= 15 is 0 Å². The van der Waals surface area contributed by atoms with Crippen LogP contribution in [0.5, 0.6) is 0 Å². The van der Waals surface area contributed by atoms with Crippen LogP contribution in [-0.2, 0) is 42.9 Å². The molecule has 69 heavy (non-hydrogen) atoms. The zero-order valence-electron chi connectivity index (χ0n) is 44.1. The first kappa shape index (κ1) is 64.2. The highest BCUT2D eigenvalue weighted by molar-refractivity contribution is 5.74. The molecule has 1 saturated heterocycles. The van der Waals surface area contributed by atoms with E-state index in [1.54, 1.807) is 0 Å². The average molecular weight is 979 g/mol. The molecule has 0 aromatic heterocycles. The molecule has 1 rings (SSSR count). The first-order chi connectivity index (χ1) is 33.6. The van der Waals surface area contributed by atoms with E-state index in [-0.39, 0.29) is 25.9 Å². The molecule has 0 aromatic rings. The summed E-state index contributed by atoms with van der Waals surface area (Å²) in [6.07, 6.45) is 38.7. The lowest BCUT2D eigenvalue weighted by Gasteiger charge is -2.40. The standard InChI is InChI=1S/C57H102O12/c1-4-7-10-13-16-19-21-23-24-25-26-28-30-33-36-39-42-45-51(60)68-55-53(62)52(61)54(56(63)64)69-57(55)66-47-48(67-50(59)44-41-38-35-31-18-15-12-9-6-3)46-65-49(58)43-40-37-34-32-29-27-22-20-17-14-11-8-5-2/h16,19,23-24,48,52-55,57,61-62H,4-15,17-18,20-22,25-47H2,1-3H3,(H,63,64)/b19-16-,24-23-. The molecule has 0 saturated carbocycles. The van der Waals surface area contributed by atoms with Crippen molar-refractivity contribution in [3.8, 4) is 0 Å². The fraction of sp³-hybridized carbons (Fsp3) is 0.860. The Morgan fingerprint density at radius 2 is 0.870 bits per heavy atom. The molecular formula is C57H102O12. The highest BCUT2D eigenvalue weighted by Gasteiger charge is 2.50. The second kappa shape index (κ2) is 46.3. The van der Waals surface area contributed by atoms with Gasteiger partial charge in [-0.3, -0.25) is 14.4 Å². The molecule has 1 heterocycles. The molecule has 1 aliphatic heterocycles. The van der Waals surface area contributed by atoms with Gasteiger partial charge in [0.2, 0.25) is 0 Å². The quantitative estimate of drug-likeness (QED) is 0.0228. The van der Waals surface area contributed by atoms with Crippen molar-refractivity contribution in [3.63, 3.8) is 0 Å². The van der Waals surface area contributed by atoms with Crippen LogP contribution >= 0.6 is 0 Å². The van der Waals surface area contributed by atoms with Crippen LogP contribution in [0.3, 0.4) is 0 Å². The third-order valence-corrected chi connectivity index (χ3v) is 13.0. The fourth-order valence-corrected chi connectivity index (χ4v) is 8.63. The van der Waals surface area contributed by atoms with Crippen molar-refractivity contribution < 1.29 is 58.2 Å². The molecule has 6 unspecified atom stereocenters. The van der Waals surface area contributed by atoms with Gasteiger partial charge in [-0.25, -0.2) is 4.79 Å². The number of aliphatic hydroxyl groups excluding tert-OH is 2. The number of esters is 3. The fourth-order valence-electron chi connectivity index (χ4n) is 8.63. The predicted molar refractivity (Wildman–Crippen MR) is 276 cm³/mol. The van der Waals surface area contributed by atoms with Gasteiger partial charge >= 0.3 is 23.9 Å². The molecule has 0 aromatic carbocycles. The van der Waals surface area contributed by atoms with Gasteiger partial charge in [0.1, 0.15) is 18.8 Å². The van der Waals surface area contributed by atoms with E-state index < -0.39 is 67.3 Å². The Morgan fingerprint density at radius 3 is 1.33 bits per heavy atom. The van der Waals surface area contributed by atoms with Crippen molar-refractivity contribution >= 4 is 23.9 Å². The normalized spacial score (nSPS) is 18.8. The number of unbranched alkanes of at least 4 members (excludes halogenated alkanes) is 30. The minimum atomic E-state index is -1.90. The van der Waals surface area contributed by atoms with Crippen LogP contribution in [0.15, 0.2) is 24.3 Å². The number of aliphatic carboxylic acids is 1. The third kappa shape index (κ3) is 36.7. The Hall–Kier alpha value is -2.80. The lowest BCUT2D eigenvalue weighted by molar-refractivity contribution is -0.301. The van der Waals surface area contributed by atoms with Gasteiger partial charge in [0.25, 0.3) is 0 Å². The molecule has 12 nitrogen and oxygen atoms in total. The first-order valence-corrected chi connectivity index (χ1v) is 28.3. The summed E-state index contributed by atoms with van der Waals surface area (Å²) in [4.78, 5) is 50.9. The van der Waals surface area contributed by atoms with Crippen molar-refractivity contribution in [1.29, 1.82) is 0 Å². The number of carboxylic acid groups (broad SMARTS) is 1. The summed E-state index contributed by atoms with van der Waals surface area (Å²) < 4.78 is 28.3. The summed E-state index contributed by atoms with van der Waals surface area (Å²) in [7, 11) is 0. The van der Waals surface area contributed by atoms with E-state index in [1.165, 1.54) is 116 Å². The maximum Gasteiger partial charge on any atom is 0.335 e. The van der Waals surface area contributed by atoms with Gasteiger partial charge in [-0.1, -0.05) is 218 Å². The Morgan fingerprint density at radius 1 is 0.478 bits per heavy atom. The van der Waals surface area contributed by atoms with Crippen molar-refractivity contribution in [3.05, 3.63) is 24.3 Å². The number of hydrogen-bond acceptors (Lipinski definition) is 11. The highest BCUT2D eigenvalue weighted by Crippen LogP contribution is 2.26. The van der Waals surface area contributed by atoms with E-state index in [1.807, 2.05) is 0 Å². The summed E-state index contributed by atoms with van der Waals surface area (Å²) in [5.41, 5.74) is 0. The van der Waals surface area contributed by atoms with Crippen molar-refractivity contribution in [2.24, 2.45) is 0 Å². The van der Waals surface area contributed by atoms with Crippen molar-refractivity contribution in [1.82, 2.24) is 0 Å². The minimum absolute atomic E-state index is 0.0561. The second-order valence-electron chi connectivity index (χ2n) is 19.6. The molecular weight excluding hydrogens is 877 g/mol. The molecule has 6 atom stereocenters. The second-order valence-corrected chi connectivity index (χ2v) is 19.6. The van der Waals surface area contributed by atoms with Crippen molar-refractivity contribution in [2.75, 3.05) is 13.2 Å². The molecule has 1 aliphatic rings. The van der Waals surface area contributed by atoms with Crippen LogP contribution in [0, 0.1) is 0 Å². The van der Waals surface area contributed by atoms with Crippen LogP contribution in [0.1, 0.15) is 265 Å². The predicted octanol–water partition coefficient (Wildman–Crippen LogP) is 13.9. The Balaban J connectivity index is 2.66. The molecule has 1 fully saturated rings. The van der Waals surface area contributed by atoms with Crippen molar-refractivity contribution in [2.45, 2.75) is 302 Å². The van der Waals surface area contributed by atoms with E-state index in [0.717, 1.165) is 89.9 Å². The summed E-state index contributed by atoms with van der Waals surface area (Å²) in [6.45, 7) is 5.95. The molecule has 0 aliphatic carbocycles. The topological polar surface area (TPSA) is 175 Å². The lowest BCUT2D eigenvalue weighted by Crippen LogP contribution is -2.61. The molecule has 0 amide bonds. The number of rotatable bonds is 48. The summed E-state index contributed by atoms with van der Waals surface area (Å²) >= 11 is 0. The maximum absolute atomic E-state index is 13.0. The van der Waals surface area contributed by atoms with Crippen LogP contribution in [0.25, 0.3) is 0 Å². The molecule has 0 radical (unpaired) electrons. The van der Waals surface area contributed by atoms with Gasteiger partial charge in [0.15, 0.2) is 24.6 Å². The Kier molecular flexibility index (Phi) is 43.1. The first-order valence-electron chi connectivity index (χ1n) is 28.3. The molecule has 3 N–H and O–H groups in total. The molecule has 0 bridgehead atoms. The maximum atomic E-state index is 13.0. The summed E-state index contributed by atoms with van der Waals surface area (Å²) in [5, 5.41) is 31.4. The van der Waals surface area contributed by atoms with Gasteiger partial charge < -0.3 is 39.0 Å². The van der Waals surface area contributed by atoms with Gasteiger partial charge in [0.05, 0.1) is 6.61 Å². The van der Waals surface area contributed by atoms with Gasteiger partial charge in [-0.15, -0.1) is 0 Å². The van der Waals surface area contributed by atoms with Crippen LogP contribution < -0.4 is 0 Å². The number of hydrogen-bond donors (Lipinski definition) is 3. The zero-order chi connectivity index (χ0) is 50.4. The Bertz CT molecular complexity index is 1300. The number of carbonyl (C=O) groups excluding carboxylic acids is 3. The molecule has 402 valence electrons. The van der Waals surface area contributed by atoms with E-state index in [2.05, 4.69) is 45.1 Å². The number of carboxylic acids is 1. The highest BCUT2D eigenvalue weighted by atomic mass is 16.7. The van der Waals surface area contributed by atoms with Gasteiger partial charge in [-0.05, 0) is 51.4 Å². The van der Waals surface area contributed by atoms with E-state index in [0.29, 0.717) is 19.3 Å².